The number of methoxy groups -OCH3 is 1. The van der Waals surface area contributed by atoms with Gasteiger partial charge in [-0.3, -0.25) is 9.59 Å². The minimum Gasteiger partial charge on any atom is -0.481 e. The van der Waals surface area contributed by atoms with Gasteiger partial charge in [-0.25, -0.2) is 14.3 Å². The number of carbonyl (C=O) groups excluding carboxylic acids is 2. The molecule has 282 valence electrons. The van der Waals surface area contributed by atoms with Crippen LogP contribution in [0, 0.1) is 0 Å². The van der Waals surface area contributed by atoms with Crippen molar-refractivity contribution in [3.8, 4) is 17.4 Å². The number of pyridine rings is 2. The fourth-order valence-electron chi connectivity index (χ4n) is 5.85. The molecular formula is C39H39BrN10O5. The molecule has 0 aliphatic carbocycles. The second-order valence-corrected chi connectivity index (χ2v) is 13.3. The summed E-state index contributed by atoms with van der Waals surface area (Å²) in [6.45, 7) is 4.77. The number of halogens is 1. The first-order valence-corrected chi connectivity index (χ1v) is 18.4. The highest BCUT2D eigenvalue weighted by molar-refractivity contribution is 9.10. The number of hydrogen-bond donors (Lipinski definition) is 4. The van der Waals surface area contributed by atoms with Crippen LogP contribution < -0.4 is 26.0 Å². The molecule has 16 heteroatoms. The van der Waals surface area contributed by atoms with E-state index in [2.05, 4.69) is 57.4 Å². The number of aromatic nitrogens is 6. The molecule has 6 aromatic rings. The van der Waals surface area contributed by atoms with Gasteiger partial charge in [-0.05, 0) is 69.5 Å². The number of anilines is 2. The van der Waals surface area contributed by atoms with Crippen LogP contribution in [-0.2, 0) is 9.47 Å². The Kier molecular flexibility index (Phi) is 12.3. The maximum atomic E-state index is 12.5. The van der Waals surface area contributed by atoms with E-state index in [0.717, 1.165) is 48.7 Å². The summed E-state index contributed by atoms with van der Waals surface area (Å²) in [7, 11) is 1.55. The first-order valence-electron chi connectivity index (χ1n) is 17.6. The van der Waals surface area contributed by atoms with E-state index < -0.39 is 0 Å². The quantitative estimate of drug-likeness (QED) is 0.143. The van der Waals surface area contributed by atoms with Crippen LogP contribution in [0.15, 0.2) is 114 Å². The van der Waals surface area contributed by atoms with Crippen LogP contribution in [-0.4, -0.2) is 87.8 Å². The predicted molar refractivity (Wildman–Crippen MR) is 209 cm³/mol. The Morgan fingerprint density at radius 3 is 1.87 bits per heavy atom. The van der Waals surface area contributed by atoms with Crippen LogP contribution in [0.25, 0.3) is 11.5 Å². The summed E-state index contributed by atoms with van der Waals surface area (Å²) in [6.07, 6.45) is 8.15. The standard InChI is InChI=1S/C20H21N5O3.C19H18BrN5O2/c1-27-19-4-2-3-18(24-19)25-13-15(11-22-25)20(26)23-16-7-5-14(6-8-16)17-12-21-9-10-28-17;20-18-9-16(5-6-22-18)25-12-14(10-23-25)19(26)24-15-3-1-13(2-4-15)17-11-21-7-8-27-17/h2-8,11,13,17,21H,9-10,12H2,1H3,(H,23,26);1-6,9-10,12,17,21H,7-8,11H2,(H,24,26)/t2*17-/m11/s1. The summed E-state index contributed by atoms with van der Waals surface area (Å²) in [6, 6.07) is 24.4. The third-order valence-electron chi connectivity index (χ3n) is 8.75. The molecule has 15 nitrogen and oxygen atoms in total. The summed E-state index contributed by atoms with van der Waals surface area (Å²) in [4.78, 5) is 33.4. The largest absolute Gasteiger partial charge is 0.481 e. The van der Waals surface area contributed by atoms with Crippen LogP contribution in [0.2, 0.25) is 0 Å². The molecule has 4 N–H and O–H groups in total. The Morgan fingerprint density at radius 1 is 0.782 bits per heavy atom. The van der Waals surface area contributed by atoms with Gasteiger partial charge in [0.2, 0.25) is 5.88 Å². The van der Waals surface area contributed by atoms with Crippen molar-refractivity contribution in [1.29, 1.82) is 0 Å². The summed E-state index contributed by atoms with van der Waals surface area (Å²) < 4.78 is 20.5. The van der Waals surface area contributed by atoms with Crippen LogP contribution in [0.3, 0.4) is 0 Å². The van der Waals surface area contributed by atoms with Crippen molar-refractivity contribution in [3.63, 3.8) is 0 Å². The number of nitrogens with one attached hydrogen (secondary N) is 4. The van der Waals surface area contributed by atoms with Gasteiger partial charge in [-0.2, -0.15) is 15.2 Å². The fourth-order valence-corrected chi connectivity index (χ4v) is 6.21. The molecule has 6 heterocycles. The molecule has 2 aliphatic heterocycles. The van der Waals surface area contributed by atoms with Crippen LogP contribution in [0.5, 0.6) is 5.88 Å². The highest BCUT2D eigenvalue weighted by Gasteiger charge is 2.18. The smallest absolute Gasteiger partial charge is 0.258 e. The van der Waals surface area contributed by atoms with Crippen LogP contribution in [0.1, 0.15) is 44.1 Å². The molecule has 2 amide bonds. The van der Waals surface area contributed by atoms with Gasteiger partial charge in [-0.1, -0.05) is 30.3 Å². The molecule has 0 saturated carbocycles. The molecular weight excluding hydrogens is 768 g/mol. The molecule has 2 fully saturated rings. The molecule has 0 unspecified atom stereocenters. The maximum absolute atomic E-state index is 12.5. The van der Waals surface area contributed by atoms with Crippen LogP contribution >= 0.6 is 15.9 Å². The summed E-state index contributed by atoms with van der Waals surface area (Å²) in [5.74, 6) is 0.607. The summed E-state index contributed by atoms with van der Waals surface area (Å²) in [5, 5.41) is 20.9. The zero-order chi connectivity index (χ0) is 38.0. The van der Waals surface area contributed by atoms with Crippen LogP contribution in [0.4, 0.5) is 11.4 Å². The topological polar surface area (TPSA) is 171 Å². The highest BCUT2D eigenvalue weighted by atomic mass is 79.9. The van der Waals surface area contributed by atoms with Gasteiger partial charge in [0.25, 0.3) is 11.8 Å². The molecule has 8 rings (SSSR count). The van der Waals surface area contributed by atoms with E-state index >= 15 is 0 Å². The average molecular weight is 808 g/mol. The number of amides is 2. The number of nitrogens with zero attached hydrogens (tertiary/aromatic N) is 6. The van der Waals surface area contributed by atoms with E-state index in [1.165, 1.54) is 10.9 Å². The molecule has 4 aromatic heterocycles. The number of hydrogen-bond acceptors (Lipinski definition) is 11. The van der Waals surface area contributed by atoms with Gasteiger partial charge in [0.1, 0.15) is 4.60 Å². The Bertz CT molecular complexity index is 2200. The van der Waals surface area contributed by atoms with E-state index in [0.29, 0.717) is 46.3 Å². The summed E-state index contributed by atoms with van der Waals surface area (Å²) in [5.41, 5.74) is 5.36. The highest BCUT2D eigenvalue weighted by Crippen LogP contribution is 2.23. The first kappa shape index (κ1) is 37.5. The molecule has 55 heavy (non-hydrogen) atoms. The second-order valence-electron chi connectivity index (χ2n) is 12.5. The molecule has 0 spiro atoms. The zero-order valence-electron chi connectivity index (χ0n) is 29.9. The van der Waals surface area contributed by atoms with Gasteiger partial charge in [0, 0.05) is 62.2 Å². The van der Waals surface area contributed by atoms with Crippen molar-refractivity contribution in [1.82, 2.24) is 40.2 Å². The summed E-state index contributed by atoms with van der Waals surface area (Å²) >= 11 is 3.33. The van der Waals surface area contributed by atoms with E-state index in [1.54, 1.807) is 48.7 Å². The number of ether oxygens (including phenoxy) is 3. The third-order valence-corrected chi connectivity index (χ3v) is 9.19. The number of morpholine rings is 2. The van der Waals surface area contributed by atoms with Gasteiger partial charge in [-0.15, -0.1) is 0 Å². The van der Waals surface area contributed by atoms with Gasteiger partial charge in [0.15, 0.2) is 5.82 Å². The number of benzene rings is 2. The SMILES string of the molecule is COc1cccc(-n2cc(C(=O)Nc3ccc([C@H]4CNCCO4)cc3)cn2)n1.O=C(Nc1ccc([C@H]2CNCCO2)cc1)c1cnn(-c2ccnc(Br)c2)c1. The zero-order valence-corrected chi connectivity index (χ0v) is 31.5. The van der Waals surface area contributed by atoms with Crippen molar-refractivity contribution in [2.24, 2.45) is 0 Å². The fraction of sp³-hybridized carbons (Fsp3) is 0.231. The lowest BCUT2D eigenvalue weighted by molar-refractivity contribution is 0.0276. The monoisotopic (exact) mass is 806 g/mol. The van der Waals surface area contributed by atoms with Crippen molar-refractivity contribution in [2.45, 2.75) is 12.2 Å². The molecule has 0 radical (unpaired) electrons. The predicted octanol–water partition coefficient (Wildman–Crippen LogP) is 5.13. The normalized spacial score (nSPS) is 16.7. The molecule has 2 saturated heterocycles. The minimum absolute atomic E-state index is 0.0482. The number of rotatable bonds is 9. The van der Waals surface area contributed by atoms with E-state index in [4.69, 9.17) is 14.2 Å². The van der Waals surface area contributed by atoms with E-state index in [-0.39, 0.29) is 24.0 Å². The Hall–Kier alpha value is -5.78. The molecule has 2 aliphatic rings. The van der Waals surface area contributed by atoms with Gasteiger partial charge >= 0.3 is 0 Å². The van der Waals surface area contributed by atoms with E-state index in [1.807, 2.05) is 66.7 Å². The van der Waals surface area contributed by atoms with Crippen molar-refractivity contribution < 1.29 is 23.8 Å². The van der Waals surface area contributed by atoms with Crippen molar-refractivity contribution in [3.05, 3.63) is 137 Å². The first-order chi connectivity index (χ1) is 26.9. The Morgan fingerprint density at radius 2 is 1.35 bits per heavy atom. The Balaban J connectivity index is 0.000000169. The van der Waals surface area contributed by atoms with E-state index in [9.17, 15) is 9.59 Å². The average Bonchev–Trinajstić information content (AvgIpc) is 3.95. The molecule has 2 aromatic carbocycles. The van der Waals surface area contributed by atoms with Gasteiger partial charge in [0.05, 0.1) is 61.7 Å². The van der Waals surface area contributed by atoms with Gasteiger partial charge < -0.3 is 35.5 Å². The maximum Gasteiger partial charge on any atom is 0.258 e. The van der Waals surface area contributed by atoms with Crippen molar-refractivity contribution in [2.75, 3.05) is 57.1 Å². The second kappa shape index (κ2) is 18.0. The van der Waals surface area contributed by atoms with Crippen molar-refractivity contribution >= 4 is 39.1 Å². The lowest BCUT2D eigenvalue weighted by atomic mass is 10.1. The lowest BCUT2D eigenvalue weighted by Crippen LogP contribution is -2.33. The lowest BCUT2D eigenvalue weighted by Gasteiger charge is -2.24. The molecule has 0 bridgehead atoms. The molecule has 2 atom stereocenters. The minimum atomic E-state index is -0.238. The Labute approximate surface area is 325 Å². The third kappa shape index (κ3) is 9.86. The number of carbonyl (C=O) groups is 2.